The third kappa shape index (κ3) is 4.55. The lowest BCUT2D eigenvalue weighted by Gasteiger charge is -2.37. The Morgan fingerprint density at radius 2 is 1.94 bits per heavy atom. The van der Waals surface area contributed by atoms with Crippen molar-refractivity contribution in [3.63, 3.8) is 0 Å². The van der Waals surface area contributed by atoms with E-state index in [9.17, 15) is 9.59 Å². The Morgan fingerprint density at radius 3 is 2.61 bits per heavy atom. The van der Waals surface area contributed by atoms with E-state index in [0.29, 0.717) is 44.1 Å². The fourth-order valence-electron chi connectivity index (χ4n) is 4.34. The molecule has 1 aromatic heterocycles. The van der Waals surface area contributed by atoms with Crippen LogP contribution in [-0.2, 0) is 20.7 Å². The van der Waals surface area contributed by atoms with Crippen molar-refractivity contribution in [1.29, 1.82) is 0 Å². The number of carbonyl (C=O) groups excluding carboxylic acids is 2. The Kier molecular flexibility index (Phi) is 6.77. The Bertz CT molecular complexity index is 924. The minimum atomic E-state index is -0.212. The lowest BCUT2D eigenvalue weighted by Crippen LogP contribution is -2.46. The highest BCUT2D eigenvalue weighted by molar-refractivity contribution is 7.10. The fraction of sp³-hybridized carbons (Fsp3) is 0.478. The van der Waals surface area contributed by atoms with Gasteiger partial charge >= 0.3 is 0 Å². The summed E-state index contributed by atoms with van der Waals surface area (Å²) in [6, 6.07) is 7.80. The number of carbonyl (C=O) groups is 2. The van der Waals surface area contributed by atoms with Gasteiger partial charge in [-0.25, -0.2) is 0 Å². The van der Waals surface area contributed by atoms with E-state index in [2.05, 4.69) is 5.32 Å². The van der Waals surface area contributed by atoms with E-state index in [-0.39, 0.29) is 30.3 Å². The number of benzene rings is 1. The molecule has 1 atom stereocenters. The molecule has 166 valence electrons. The molecule has 1 aromatic carbocycles. The number of nitrogens with zero attached hydrogens (tertiary/aromatic N) is 1. The van der Waals surface area contributed by atoms with Crippen LogP contribution in [0.3, 0.4) is 0 Å². The van der Waals surface area contributed by atoms with E-state index in [0.717, 1.165) is 22.4 Å². The summed E-state index contributed by atoms with van der Waals surface area (Å²) in [5, 5.41) is 4.87. The molecule has 7 nitrogen and oxygen atoms in total. The van der Waals surface area contributed by atoms with Crippen molar-refractivity contribution >= 4 is 23.2 Å². The number of ether oxygens (including phenoxy) is 3. The highest BCUT2D eigenvalue weighted by Crippen LogP contribution is 2.42. The van der Waals surface area contributed by atoms with Crippen LogP contribution in [0.5, 0.6) is 11.5 Å². The molecule has 3 heterocycles. The smallest absolute Gasteiger partial charge is 0.242 e. The minimum absolute atomic E-state index is 0.000683. The molecule has 1 saturated heterocycles. The van der Waals surface area contributed by atoms with E-state index in [1.165, 1.54) is 0 Å². The first-order valence-corrected chi connectivity index (χ1v) is 11.4. The Morgan fingerprint density at radius 1 is 1.19 bits per heavy atom. The molecule has 0 aliphatic carbocycles. The van der Waals surface area contributed by atoms with Crippen LogP contribution in [0.4, 0.5) is 0 Å². The number of fused-ring (bicyclic) bond motifs is 1. The van der Waals surface area contributed by atoms with Crippen LogP contribution in [0.15, 0.2) is 29.6 Å². The van der Waals surface area contributed by atoms with Gasteiger partial charge in [-0.15, -0.1) is 11.3 Å². The highest BCUT2D eigenvalue weighted by Gasteiger charge is 2.34. The van der Waals surface area contributed by atoms with Crippen molar-refractivity contribution < 1.29 is 23.8 Å². The molecule has 2 aromatic rings. The Labute approximate surface area is 186 Å². The number of nitrogens with one attached hydrogen (secondary N) is 1. The zero-order chi connectivity index (χ0) is 21.8. The van der Waals surface area contributed by atoms with E-state index in [1.807, 2.05) is 34.5 Å². The second kappa shape index (κ2) is 9.70. The summed E-state index contributed by atoms with van der Waals surface area (Å²) in [6.45, 7) is 1.78. The van der Waals surface area contributed by atoms with Crippen LogP contribution in [0, 0.1) is 5.92 Å². The standard InChI is InChI=1S/C23H28N2O5S/c1-28-18-12-16-5-8-25(21(26)14-24-23(27)15-6-9-30-10-7-15)22(20-4-3-11-31-20)17(16)13-19(18)29-2/h3-4,11-13,15,22H,5-10,14H2,1-2H3,(H,24,27). The van der Waals surface area contributed by atoms with Crippen molar-refractivity contribution in [2.45, 2.75) is 25.3 Å². The summed E-state index contributed by atoms with van der Waals surface area (Å²) in [6.07, 6.45) is 2.13. The maximum absolute atomic E-state index is 13.2. The third-order valence-electron chi connectivity index (χ3n) is 6.01. The molecule has 31 heavy (non-hydrogen) atoms. The van der Waals surface area contributed by atoms with Gasteiger partial charge in [-0.2, -0.15) is 0 Å². The van der Waals surface area contributed by atoms with Gasteiger partial charge in [0.05, 0.1) is 26.8 Å². The van der Waals surface area contributed by atoms with Gasteiger partial charge < -0.3 is 24.4 Å². The SMILES string of the molecule is COc1cc2c(cc1OC)C(c1cccs1)N(C(=O)CNC(=O)C1CCOCC1)CC2. The first kappa shape index (κ1) is 21.6. The van der Waals surface area contributed by atoms with E-state index < -0.39 is 0 Å². The predicted octanol–water partition coefficient (Wildman–Crippen LogP) is 2.78. The minimum Gasteiger partial charge on any atom is -0.493 e. The molecule has 0 radical (unpaired) electrons. The van der Waals surface area contributed by atoms with Crippen LogP contribution >= 0.6 is 11.3 Å². The zero-order valence-corrected chi connectivity index (χ0v) is 18.7. The Balaban J connectivity index is 1.56. The number of amides is 2. The fourth-order valence-corrected chi connectivity index (χ4v) is 5.19. The highest BCUT2D eigenvalue weighted by atomic mass is 32.1. The van der Waals surface area contributed by atoms with Crippen molar-refractivity contribution in [3.8, 4) is 11.5 Å². The van der Waals surface area contributed by atoms with Crippen LogP contribution in [-0.4, -0.2) is 57.2 Å². The van der Waals surface area contributed by atoms with E-state index in [1.54, 1.807) is 25.6 Å². The van der Waals surface area contributed by atoms with Gasteiger partial charge in [0.2, 0.25) is 11.8 Å². The summed E-state index contributed by atoms with van der Waals surface area (Å²) in [5.74, 6) is 1.11. The number of hydrogen-bond donors (Lipinski definition) is 1. The lowest BCUT2D eigenvalue weighted by atomic mass is 9.90. The molecule has 1 fully saturated rings. The number of rotatable bonds is 6. The summed E-state index contributed by atoms with van der Waals surface area (Å²) < 4.78 is 16.3. The average Bonchev–Trinajstić information content (AvgIpc) is 3.35. The summed E-state index contributed by atoms with van der Waals surface area (Å²) in [5.41, 5.74) is 2.18. The van der Waals surface area contributed by atoms with Gasteiger partial charge in [-0.1, -0.05) is 6.07 Å². The lowest BCUT2D eigenvalue weighted by molar-refractivity contribution is -0.136. The number of thiophene rings is 1. The maximum atomic E-state index is 13.2. The van der Waals surface area contributed by atoms with Crippen molar-refractivity contribution in [2.24, 2.45) is 5.92 Å². The summed E-state index contributed by atoms with van der Waals surface area (Å²) >= 11 is 1.62. The topological polar surface area (TPSA) is 77.1 Å². The first-order valence-electron chi connectivity index (χ1n) is 10.6. The molecule has 8 heteroatoms. The van der Waals surface area contributed by atoms with Crippen LogP contribution in [0.1, 0.15) is 34.9 Å². The maximum Gasteiger partial charge on any atom is 0.242 e. The molecule has 0 spiro atoms. The van der Waals surface area contributed by atoms with Crippen molar-refractivity contribution in [1.82, 2.24) is 10.2 Å². The normalized spacial score (nSPS) is 18.9. The second-order valence-electron chi connectivity index (χ2n) is 7.77. The van der Waals surface area contributed by atoms with Crippen molar-refractivity contribution in [2.75, 3.05) is 40.5 Å². The molecule has 2 amide bonds. The quantitative estimate of drug-likeness (QED) is 0.742. The summed E-state index contributed by atoms with van der Waals surface area (Å²) in [7, 11) is 3.24. The summed E-state index contributed by atoms with van der Waals surface area (Å²) in [4.78, 5) is 28.6. The van der Waals surface area contributed by atoms with Crippen LogP contribution < -0.4 is 14.8 Å². The number of methoxy groups -OCH3 is 2. The van der Waals surface area contributed by atoms with Gasteiger partial charge in [0, 0.05) is 30.6 Å². The molecule has 2 aliphatic heterocycles. The molecular formula is C23H28N2O5S. The average molecular weight is 445 g/mol. The molecule has 1 unspecified atom stereocenters. The van der Waals surface area contributed by atoms with E-state index >= 15 is 0 Å². The number of hydrogen-bond acceptors (Lipinski definition) is 6. The van der Waals surface area contributed by atoms with E-state index in [4.69, 9.17) is 14.2 Å². The largest absolute Gasteiger partial charge is 0.493 e. The van der Waals surface area contributed by atoms with Gasteiger partial charge in [0.15, 0.2) is 11.5 Å². The zero-order valence-electron chi connectivity index (χ0n) is 17.9. The predicted molar refractivity (Wildman–Crippen MR) is 118 cm³/mol. The van der Waals surface area contributed by atoms with Crippen LogP contribution in [0.2, 0.25) is 0 Å². The first-order chi connectivity index (χ1) is 15.1. The van der Waals surface area contributed by atoms with Gasteiger partial charge in [-0.05, 0) is 54.0 Å². The molecule has 0 bridgehead atoms. The molecule has 4 rings (SSSR count). The molecule has 1 N–H and O–H groups in total. The molecule has 0 saturated carbocycles. The van der Waals surface area contributed by atoms with Gasteiger partial charge in [-0.3, -0.25) is 9.59 Å². The monoisotopic (exact) mass is 444 g/mol. The van der Waals surface area contributed by atoms with Gasteiger partial charge in [0.25, 0.3) is 0 Å². The second-order valence-corrected chi connectivity index (χ2v) is 8.74. The van der Waals surface area contributed by atoms with Gasteiger partial charge in [0.1, 0.15) is 0 Å². The van der Waals surface area contributed by atoms with Crippen LogP contribution in [0.25, 0.3) is 0 Å². The van der Waals surface area contributed by atoms with Crippen molar-refractivity contribution in [3.05, 3.63) is 45.6 Å². The Hall–Kier alpha value is -2.58. The molecular weight excluding hydrogens is 416 g/mol. The third-order valence-corrected chi connectivity index (χ3v) is 6.94. The molecule has 2 aliphatic rings.